The summed E-state index contributed by atoms with van der Waals surface area (Å²) in [6.07, 6.45) is 0. The van der Waals surface area contributed by atoms with E-state index in [1.165, 1.54) is 11.1 Å². The standard InChI is InChI=1S/C17H17BrClNO/c1-11-4-5-13(12(2)8-11)10-20(3)17(21)15-9-14(18)6-7-16(15)19/h4-9H,10H2,1-3H3. The summed E-state index contributed by atoms with van der Waals surface area (Å²) in [6.45, 7) is 4.69. The average molecular weight is 367 g/mol. The number of nitrogens with zero attached hydrogens (tertiary/aromatic N) is 1. The Morgan fingerprint density at radius 2 is 1.90 bits per heavy atom. The van der Waals surface area contributed by atoms with Crippen molar-refractivity contribution in [2.45, 2.75) is 20.4 Å². The molecule has 21 heavy (non-hydrogen) atoms. The third-order valence-electron chi connectivity index (χ3n) is 3.41. The quantitative estimate of drug-likeness (QED) is 0.749. The van der Waals surface area contributed by atoms with Gasteiger partial charge in [-0.2, -0.15) is 0 Å². The number of benzene rings is 2. The first-order chi connectivity index (χ1) is 9.88. The summed E-state index contributed by atoms with van der Waals surface area (Å²) in [4.78, 5) is 14.2. The van der Waals surface area contributed by atoms with Crippen LogP contribution in [0.4, 0.5) is 0 Å². The molecule has 0 aliphatic heterocycles. The lowest BCUT2D eigenvalue weighted by molar-refractivity contribution is 0.0785. The van der Waals surface area contributed by atoms with Crippen molar-refractivity contribution >= 4 is 33.4 Å². The molecule has 2 rings (SSSR count). The van der Waals surface area contributed by atoms with Crippen molar-refractivity contribution < 1.29 is 4.79 Å². The molecule has 0 unspecified atom stereocenters. The summed E-state index contributed by atoms with van der Waals surface area (Å²) >= 11 is 9.49. The number of amides is 1. The lowest BCUT2D eigenvalue weighted by Crippen LogP contribution is -2.26. The molecule has 0 saturated heterocycles. The van der Waals surface area contributed by atoms with Gasteiger partial charge in [0, 0.05) is 18.1 Å². The van der Waals surface area contributed by atoms with Crippen molar-refractivity contribution in [1.29, 1.82) is 0 Å². The molecule has 0 aliphatic carbocycles. The van der Waals surface area contributed by atoms with E-state index in [1.807, 2.05) is 6.07 Å². The van der Waals surface area contributed by atoms with E-state index in [2.05, 4.69) is 48.0 Å². The fourth-order valence-corrected chi connectivity index (χ4v) is 2.78. The van der Waals surface area contributed by atoms with Crippen LogP contribution in [-0.2, 0) is 6.54 Å². The van der Waals surface area contributed by atoms with Crippen LogP contribution in [0.25, 0.3) is 0 Å². The fourth-order valence-electron chi connectivity index (χ4n) is 2.22. The summed E-state index contributed by atoms with van der Waals surface area (Å²) < 4.78 is 0.843. The molecule has 0 atom stereocenters. The van der Waals surface area contributed by atoms with Crippen molar-refractivity contribution in [2.24, 2.45) is 0 Å². The molecule has 0 aromatic heterocycles. The van der Waals surface area contributed by atoms with Gasteiger partial charge in [0.1, 0.15) is 0 Å². The van der Waals surface area contributed by atoms with Gasteiger partial charge in [0.05, 0.1) is 10.6 Å². The van der Waals surface area contributed by atoms with Gasteiger partial charge in [0.15, 0.2) is 0 Å². The van der Waals surface area contributed by atoms with Crippen LogP contribution in [0.3, 0.4) is 0 Å². The zero-order valence-electron chi connectivity index (χ0n) is 12.3. The van der Waals surface area contributed by atoms with Gasteiger partial charge in [-0.3, -0.25) is 4.79 Å². The summed E-state index contributed by atoms with van der Waals surface area (Å²) in [7, 11) is 1.79. The molecular weight excluding hydrogens is 350 g/mol. The maximum absolute atomic E-state index is 12.5. The van der Waals surface area contributed by atoms with Crippen molar-refractivity contribution in [3.05, 3.63) is 68.1 Å². The highest BCUT2D eigenvalue weighted by Gasteiger charge is 2.16. The van der Waals surface area contributed by atoms with Gasteiger partial charge in [-0.1, -0.05) is 51.3 Å². The Kier molecular flexibility index (Phi) is 5.07. The van der Waals surface area contributed by atoms with Crippen LogP contribution in [-0.4, -0.2) is 17.9 Å². The number of hydrogen-bond acceptors (Lipinski definition) is 1. The van der Waals surface area contributed by atoms with Crippen molar-refractivity contribution in [2.75, 3.05) is 7.05 Å². The van der Waals surface area contributed by atoms with Crippen LogP contribution in [0.2, 0.25) is 5.02 Å². The Bertz CT molecular complexity index is 684. The second-order valence-corrected chi connectivity index (χ2v) is 6.54. The molecule has 2 aromatic rings. The molecule has 0 radical (unpaired) electrons. The van der Waals surface area contributed by atoms with E-state index in [1.54, 1.807) is 24.1 Å². The maximum Gasteiger partial charge on any atom is 0.255 e. The van der Waals surface area contributed by atoms with Crippen molar-refractivity contribution in [1.82, 2.24) is 4.90 Å². The van der Waals surface area contributed by atoms with Gasteiger partial charge in [0.2, 0.25) is 0 Å². The average Bonchev–Trinajstić information content (AvgIpc) is 2.43. The predicted octanol–water partition coefficient (Wildman–Crippen LogP) is 4.99. The minimum Gasteiger partial charge on any atom is -0.337 e. The highest BCUT2D eigenvalue weighted by Crippen LogP contribution is 2.23. The Balaban J connectivity index is 2.21. The van der Waals surface area contributed by atoms with E-state index in [4.69, 9.17) is 11.6 Å². The smallest absolute Gasteiger partial charge is 0.255 e. The van der Waals surface area contributed by atoms with E-state index in [9.17, 15) is 4.79 Å². The second kappa shape index (κ2) is 6.63. The van der Waals surface area contributed by atoms with Gasteiger partial charge in [-0.15, -0.1) is 0 Å². The molecule has 0 fully saturated rings. The monoisotopic (exact) mass is 365 g/mol. The van der Waals surface area contributed by atoms with E-state index < -0.39 is 0 Å². The van der Waals surface area contributed by atoms with Gasteiger partial charge >= 0.3 is 0 Å². The summed E-state index contributed by atoms with van der Waals surface area (Å²) in [6, 6.07) is 11.6. The first-order valence-electron chi connectivity index (χ1n) is 6.65. The Morgan fingerprint density at radius 3 is 2.57 bits per heavy atom. The van der Waals surface area contributed by atoms with Crippen LogP contribution in [0, 0.1) is 13.8 Å². The molecule has 0 bridgehead atoms. The van der Waals surface area contributed by atoms with Gasteiger partial charge in [-0.05, 0) is 43.2 Å². The highest BCUT2D eigenvalue weighted by atomic mass is 79.9. The number of aryl methyl sites for hydroxylation is 2. The molecule has 0 heterocycles. The number of carbonyl (C=O) groups is 1. The van der Waals surface area contributed by atoms with E-state index in [-0.39, 0.29) is 5.91 Å². The van der Waals surface area contributed by atoms with E-state index in [0.717, 1.165) is 10.0 Å². The van der Waals surface area contributed by atoms with Crippen molar-refractivity contribution in [3.8, 4) is 0 Å². The lowest BCUT2D eigenvalue weighted by Gasteiger charge is -2.19. The summed E-state index contributed by atoms with van der Waals surface area (Å²) in [5.41, 5.74) is 4.07. The maximum atomic E-state index is 12.5. The normalized spacial score (nSPS) is 10.5. The first kappa shape index (κ1) is 16.1. The third-order valence-corrected chi connectivity index (χ3v) is 4.23. The summed E-state index contributed by atoms with van der Waals surface area (Å²) in [5.74, 6) is -0.0822. The summed E-state index contributed by atoms with van der Waals surface area (Å²) in [5, 5.41) is 0.468. The zero-order chi connectivity index (χ0) is 15.6. The topological polar surface area (TPSA) is 20.3 Å². The first-order valence-corrected chi connectivity index (χ1v) is 7.82. The Hall–Kier alpha value is -1.32. The largest absolute Gasteiger partial charge is 0.337 e. The number of rotatable bonds is 3. The fraction of sp³-hybridized carbons (Fsp3) is 0.235. The zero-order valence-corrected chi connectivity index (χ0v) is 14.6. The Labute approximate surface area is 138 Å². The molecule has 0 aliphatic rings. The number of halogens is 2. The SMILES string of the molecule is Cc1ccc(CN(C)C(=O)c2cc(Br)ccc2Cl)c(C)c1. The predicted molar refractivity (Wildman–Crippen MR) is 90.9 cm³/mol. The van der Waals surface area contributed by atoms with Gasteiger partial charge in [-0.25, -0.2) is 0 Å². The lowest BCUT2D eigenvalue weighted by atomic mass is 10.1. The molecule has 1 amide bonds. The van der Waals surface area contributed by atoms with Crippen LogP contribution < -0.4 is 0 Å². The number of hydrogen-bond donors (Lipinski definition) is 0. The Morgan fingerprint density at radius 1 is 1.19 bits per heavy atom. The van der Waals surface area contributed by atoms with Crippen molar-refractivity contribution in [3.63, 3.8) is 0 Å². The molecule has 0 saturated carbocycles. The van der Waals surface area contributed by atoms with E-state index >= 15 is 0 Å². The van der Waals surface area contributed by atoms with Gasteiger partial charge in [0.25, 0.3) is 5.91 Å². The van der Waals surface area contributed by atoms with Gasteiger partial charge < -0.3 is 4.90 Å². The highest BCUT2D eigenvalue weighted by molar-refractivity contribution is 9.10. The third kappa shape index (κ3) is 3.86. The minimum atomic E-state index is -0.0822. The molecule has 0 spiro atoms. The molecule has 110 valence electrons. The van der Waals surface area contributed by atoms with Crippen LogP contribution in [0.1, 0.15) is 27.0 Å². The molecule has 2 nitrogen and oxygen atoms in total. The molecule has 4 heteroatoms. The number of carbonyl (C=O) groups excluding carboxylic acids is 1. The minimum absolute atomic E-state index is 0.0822. The van der Waals surface area contributed by atoms with Crippen LogP contribution in [0.5, 0.6) is 0 Å². The molecule has 2 aromatic carbocycles. The van der Waals surface area contributed by atoms with E-state index in [0.29, 0.717) is 17.1 Å². The van der Waals surface area contributed by atoms with Crippen LogP contribution in [0.15, 0.2) is 40.9 Å². The molecular formula is C17H17BrClNO. The second-order valence-electron chi connectivity index (χ2n) is 5.22. The molecule has 0 N–H and O–H groups in total. The van der Waals surface area contributed by atoms with Crippen LogP contribution >= 0.6 is 27.5 Å².